The Morgan fingerprint density at radius 3 is 2.36 bits per heavy atom. The summed E-state index contributed by atoms with van der Waals surface area (Å²) < 4.78 is 5.34. The Labute approximate surface area is 144 Å². The molecule has 1 atom stereocenters. The monoisotopic (exact) mass is 349 g/mol. The number of nitrogens with zero attached hydrogens (tertiary/aromatic N) is 1. The minimum Gasteiger partial charge on any atom is -0.378 e. The Balaban J connectivity index is 0.00000220. The Kier molecular flexibility index (Phi) is 10.2. The van der Waals surface area contributed by atoms with E-state index in [0.717, 1.165) is 32.0 Å². The largest absolute Gasteiger partial charge is 0.378 e. The van der Waals surface area contributed by atoms with Crippen molar-refractivity contribution in [3.63, 3.8) is 0 Å². The molecule has 2 rings (SSSR count). The fourth-order valence-electron chi connectivity index (χ4n) is 2.10. The first-order valence-electron chi connectivity index (χ1n) is 7.09. The van der Waals surface area contributed by atoms with E-state index in [1.54, 1.807) is 0 Å². The Hall–Kier alpha value is -1.01. The second-order valence-corrected chi connectivity index (χ2v) is 5.05. The molecular formula is C15H25Cl2N3O2. The Bertz CT molecular complexity index is 437. The van der Waals surface area contributed by atoms with Crippen LogP contribution in [0.15, 0.2) is 24.3 Å². The van der Waals surface area contributed by atoms with Crippen LogP contribution in [0.4, 0.5) is 5.69 Å². The van der Waals surface area contributed by atoms with Gasteiger partial charge in [0, 0.05) is 36.9 Å². The normalized spacial score (nSPS) is 15.3. The van der Waals surface area contributed by atoms with Crippen LogP contribution in [0.5, 0.6) is 0 Å². The van der Waals surface area contributed by atoms with Crippen LogP contribution in [0.1, 0.15) is 17.3 Å². The van der Waals surface area contributed by atoms with Gasteiger partial charge < -0.3 is 20.3 Å². The highest BCUT2D eigenvalue weighted by atomic mass is 35.5. The molecular weight excluding hydrogens is 325 g/mol. The molecule has 7 heteroatoms. The fraction of sp³-hybridized carbons (Fsp3) is 0.533. The van der Waals surface area contributed by atoms with Gasteiger partial charge in [-0.2, -0.15) is 0 Å². The Morgan fingerprint density at radius 2 is 1.82 bits per heavy atom. The summed E-state index contributed by atoms with van der Waals surface area (Å²) in [6, 6.07) is 8.03. The van der Waals surface area contributed by atoms with Crippen molar-refractivity contribution in [3.8, 4) is 0 Å². The molecule has 1 heterocycles. The van der Waals surface area contributed by atoms with Crippen molar-refractivity contribution in [1.29, 1.82) is 0 Å². The number of morpholine rings is 1. The van der Waals surface area contributed by atoms with Gasteiger partial charge in [-0.3, -0.25) is 4.79 Å². The lowest BCUT2D eigenvalue weighted by atomic mass is 10.1. The summed E-state index contributed by atoms with van der Waals surface area (Å²) >= 11 is 0. The van der Waals surface area contributed by atoms with Gasteiger partial charge in [0.25, 0.3) is 5.91 Å². The second-order valence-electron chi connectivity index (χ2n) is 5.05. The quantitative estimate of drug-likeness (QED) is 0.849. The number of nitrogens with one attached hydrogen (secondary N) is 2. The van der Waals surface area contributed by atoms with E-state index in [-0.39, 0.29) is 36.8 Å². The zero-order valence-electron chi connectivity index (χ0n) is 13.0. The molecule has 1 fully saturated rings. The van der Waals surface area contributed by atoms with E-state index in [1.165, 1.54) is 0 Å². The van der Waals surface area contributed by atoms with Gasteiger partial charge in [-0.05, 0) is 38.2 Å². The van der Waals surface area contributed by atoms with Crippen LogP contribution in [-0.4, -0.2) is 51.8 Å². The van der Waals surface area contributed by atoms with Crippen molar-refractivity contribution in [2.45, 2.75) is 13.0 Å². The highest BCUT2D eigenvalue weighted by molar-refractivity contribution is 5.94. The highest BCUT2D eigenvalue weighted by Crippen LogP contribution is 2.16. The van der Waals surface area contributed by atoms with Gasteiger partial charge in [0.15, 0.2) is 0 Å². The van der Waals surface area contributed by atoms with Gasteiger partial charge in [-0.25, -0.2) is 0 Å². The minimum absolute atomic E-state index is 0. The number of benzene rings is 1. The minimum atomic E-state index is -0.0272. The SMILES string of the molecule is CNC(C)CNC(=O)c1ccc(N2CCOCC2)cc1.Cl.Cl. The number of amides is 1. The van der Waals surface area contributed by atoms with Gasteiger partial charge in [0.1, 0.15) is 0 Å². The molecule has 0 aliphatic carbocycles. The van der Waals surface area contributed by atoms with Crippen LogP contribution >= 0.6 is 24.8 Å². The van der Waals surface area contributed by atoms with Gasteiger partial charge in [0.2, 0.25) is 0 Å². The summed E-state index contributed by atoms with van der Waals surface area (Å²) in [6.07, 6.45) is 0. The average Bonchev–Trinajstić information content (AvgIpc) is 2.53. The summed E-state index contributed by atoms with van der Waals surface area (Å²) in [7, 11) is 1.88. The number of likely N-dealkylation sites (N-methyl/N-ethyl adjacent to an activating group) is 1. The van der Waals surface area contributed by atoms with E-state index >= 15 is 0 Å². The smallest absolute Gasteiger partial charge is 0.251 e. The lowest BCUT2D eigenvalue weighted by Crippen LogP contribution is -2.37. The van der Waals surface area contributed by atoms with Gasteiger partial charge in [-0.15, -0.1) is 24.8 Å². The zero-order valence-corrected chi connectivity index (χ0v) is 14.6. The number of anilines is 1. The van der Waals surface area contributed by atoms with Crippen molar-refractivity contribution in [1.82, 2.24) is 10.6 Å². The third-order valence-corrected chi connectivity index (χ3v) is 3.57. The maximum Gasteiger partial charge on any atom is 0.251 e. The van der Waals surface area contributed by atoms with Crippen molar-refractivity contribution >= 4 is 36.4 Å². The summed E-state index contributed by atoms with van der Waals surface area (Å²) in [5, 5.41) is 6.00. The van der Waals surface area contributed by atoms with Gasteiger partial charge in [0.05, 0.1) is 13.2 Å². The summed E-state index contributed by atoms with van der Waals surface area (Å²) in [4.78, 5) is 14.3. The molecule has 1 amide bonds. The lowest BCUT2D eigenvalue weighted by molar-refractivity contribution is 0.0950. The van der Waals surface area contributed by atoms with Crippen LogP contribution in [0.25, 0.3) is 0 Å². The molecule has 0 saturated carbocycles. The van der Waals surface area contributed by atoms with Crippen LogP contribution in [0.3, 0.4) is 0 Å². The number of rotatable bonds is 5. The van der Waals surface area contributed by atoms with E-state index in [0.29, 0.717) is 12.1 Å². The molecule has 0 radical (unpaired) electrons. The Morgan fingerprint density at radius 1 is 1.23 bits per heavy atom. The molecule has 2 N–H and O–H groups in total. The molecule has 126 valence electrons. The van der Waals surface area contributed by atoms with Crippen LogP contribution in [0.2, 0.25) is 0 Å². The first kappa shape index (κ1) is 21.0. The van der Waals surface area contributed by atoms with E-state index in [1.807, 2.05) is 38.2 Å². The maximum atomic E-state index is 12.0. The number of hydrogen-bond donors (Lipinski definition) is 2. The lowest BCUT2D eigenvalue weighted by Gasteiger charge is -2.28. The van der Waals surface area contributed by atoms with Crippen LogP contribution in [0, 0.1) is 0 Å². The molecule has 1 aromatic carbocycles. The fourth-order valence-corrected chi connectivity index (χ4v) is 2.10. The predicted octanol–water partition coefficient (Wildman–Crippen LogP) is 1.70. The molecule has 1 saturated heterocycles. The predicted molar refractivity (Wildman–Crippen MR) is 94.8 cm³/mol. The molecule has 1 unspecified atom stereocenters. The second kappa shape index (κ2) is 10.7. The third kappa shape index (κ3) is 6.01. The number of carbonyl (C=O) groups is 1. The van der Waals surface area contributed by atoms with Gasteiger partial charge in [-0.1, -0.05) is 0 Å². The number of hydrogen-bond acceptors (Lipinski definition) is 4. The average molecular weight is 350 g/mol. The zero-order chi connectivity index (χ0) is 14.4. The molecule has 1 aliphatic rings. The molecule has 1 aromatic rings. The topological polar surface area (TPSA) is 53.6 Å². The van der Waals surface area contributed by atoms with E-state index < -0.39 is 0 Å². The molecule has 1 aliphatic heterocycles. The van der Waals surface area contributed by atoms with Crippen molar-refractivity contribution in [2.24, 2.45) is 0 Å². The highest BCUT2D eigenvalue weighted by Gasteiger charge is 2.12. The maximum absolute atomic E-state index is 12.0. The number of halogens is 2. The number of carbonyl (C=O) groups excluding carboxylic acids is 1. The molecule has 0 aromatic heterocycles. The van der Waals surface area contributed by atoms with E-state index in [4.69, 9.17) is 4.74 Å². The standard InChI is InChI=1S/C15H23N3O2.2ClH/c1-12(16-2)11-17-15(19)13-3-5-14(6-4-13)18-7-9-20-10-8-18;;/h3-6,12,16H,7-11H2,1-2H3,(H,17,19);2*1H. The molecule has 0 spiro atoms. The summed E-state index contributed by atoms with van der Waals surface area (Å²) in [5.74, 6) is -0.0272. The molecule has 5 nitrogen and oxygen atoms in total. The van der Waals surface area contributed by atoms with E-state index in [2.05, 4.69) is 15.5 Å². The van der Waals surface area contributed by atoms with Crippen molar-refractivity contribution in [3.05, 3.63) is 29.8 Å². The number of ether oxygens (including phenoxy) is 1. The summed E-state index contributed by atoms with van der Waals surface area (Å²) in [6.45, 7) is 6.01. The van der Waals surface area contributed by atoms with Crippen LogP contribution in [-0.2, 0) is 4.74 Å². The van der Waals surface area contributed by atoms with Crippen LogP contribution < -0.4 is 15.5 Å². The first-order valence-corrected chi connectivity index (χ1v) is 7.09. The molecule has 22 heavy (non-hydrogen) atoms. The van der Waals surface area contributed by atoms with E-state index in [9.17, 15) is 4.79 Å². The third-order valence-electron chi connectivity index (χ3n) is 3.57. The van der Waals surface area contributed by atoms with Gasteiger partial charge >= 0.3 is 0 Å². The molecule has 0 bridgehead atoms. The van der Waals surface area contributed by atoms with Crippen molar-refractivity contribution in [2.75, 3.05) is 44.8 Å². The first-order chi connectivity index (χ1) is 9.70. The van der Waals surface area contributed by atoms with Crippen molar-refractivity contribution < 1.29 is 9.53 Å². The summed E-state index contributed by atoms with van der Waals surface area (Å²) in [5.41, 5.74) is 1.85.